The number of benzene rings is 2. The molecule has 5 heteroatoms. The molecule has 0 unspecified atom stereocenters. The monoisotopic (exact) mass is 458 g/mol. The maximum atomic E-state index is 12.9. The Morgan fingerprint density at radius 3 is 2.29 bits per heavy atom. The van der Waals surface area contributed by atoms with Crippen LogP contribution in [0.15, 0.2) is 71.7 Å². The summed E-state index contributed by atoms with van der Waals surface area (Å²) in [4.78, 5) is 27.2. The Bertz CT molecular complexity index is 1190. The second-order valence-corrected chi connectivity index (χ2v) is 10.7. The van der Waals surface area contributed by atoms with Crippen LogP contribution in [0.2, 0.25) is 0 Å². The molecule has 2 heterocycles. The number of Topliss-reactive ketones (excluding diaryl/α,β-unsaturated/α-hetero) is 1. The van der Waals surface area contributed by atoms with E-state index in [1.165, 1.54) is 0 Å². The maximum absolute atomic E-state index is 12.9. The third kappa shape index (κ3) is 6.23. The van der Waals surface area contributed by atoms with Crippen LogP contribution in [0.4, 0.5) is 0 Å². The van der Waals surface area contributed by atoms with Crippen LogP contribution in [-0.4, -0.2) is 21.8 Å². The van der Waals surface area contributed by atoms with E-state index < -0.39 is 0 Å². The number of H-pyrrole nitrogens is 1. The molecular weight excluding hydrogens is 424 g/mol. The molecule has 2 N–H and O–H groups in total. The molecule has 178 valence electrons. The topological polar surface area (TPSA) is 71.2 Å². The number of pyridine rings is 1. The lowest BCUT2D eigenvalue weighted by atomic mass is 9.74. The summed E-state index contributed by atoms with van der Waals surface area (Å²) in [6.07, 6.45) is 4.23. The Morgan fingerprint density at radius 2 is 1.62 bits per heavy atom. The summed E-state index contributed by atoms with van der Waals surface area (Å²) in [6.45, 7) is 9.28. The minimum atomic E-state index is -0.133. The number of aromatic nitrogens is 1. The fourth-order valence-corrected chi connectivity index (χ4v) is 5.40. The molecule has 0 spiro atoms. The molecule has 2 aromatic carbocycles. The SMILES string of the molecule is CC1(C)CC(CC(=O)c2ccc(COc3cccc(-c4cc[nH]c(=O)c4)c3)cc2)CC(C)(C)N1. The molecule has 5 nitrogen and oxygen atoms in total. The highest BCUT2D eigenvalue weighted by Gasteiger charge is 2.38. The van der Waals surface area contributed by atoms with Crippen LogP contribution in [0.1, 0.15) is 62.9 Å². The predicted molar refractivity (Wildman–Crippen MR) is 136 cm³/mol. The zero-order valence-corrected chi connectivity index (χ0v) is 20.5. The largest absolute Gasteiger partial charge is 0.489 e. The molecule has 1 saturated heterocycles. The van der Waals surface area contributed by atoms with Crippen molar-refractivity contribution >= 4 is 5.78 Å². The van der Waals surface area contributed by atoms with Gasteiger partial charge in [0.2, 0.25) is 5.56 Å². The van der Waals surface area contributed by atoms with E-state index in [0.29, 0.717) is 18.9 Å². The number of ether oxygens (including phenoxy) is 1. The summed E-state index contributed by atoms with van der Waals surface area (Å²) in [5, 5.41) is 3.68. The Hall–Kier alpha value is -3.18. The van der Waals surface area contributed by atoms with Gasteiger partial charge in [0, 0.05) is 35.3 Å². The highest BCUT2D eigenvalue weighted by Crippen LogP contribution is 2.35. The average Bonchev–Trinajstić information content (AvgIpc) is 2.76. The molecular formula is C29H34N2O3. The highest BCUT2D eigenvalue weighted by molar-refractivity contribution is 5.96. The molecule has 0 aliphatic carbocycles. The van der Waals surface area contributed by atoms with Crippen LogP contribution >= 0.6 is 0 Å². The van der Waals surface area contributed by atoms with E-state index in [-0.39, 0.29) is 22.4 Å². The van der Waals surface area contributed by atoms with Gasteiger partial charge in [-0.25, -0.2) is 0 Å². The van der Waals surface area contributed by atoms with Gasteiger partial charge in [-0.05, 0) is 81.3 Å². The average molecular weight is 459 g/mol. The lowest BCUT2D eigenvalue weighted by Gasteiger charge is -2.46. The normalized spacial score (nSPS) is 17.3. The lowest BCUT2D eigenvalue weighted by molar-refractivity contribution is 0.0864. The fourth-order valence-electron chi connectivity index (χ4n) is 5.40. The summed E-state index contributed by atoms with van der Waals surface area (Å²) in [6, 6.07) is 18.9. The zero-order chi connectivity index (χ0) is 24.3. The number of piperidine rings is 1. The number of nitrogens with one attached hydrogen (secondary N) is 2. The van der Waals surface area contributed by atoms with Crippen LogP contribution < -0.4 is 15.6 Å². The van der Waals surface area contributed by atoms with Gasteiger partial charge in [0.25, 0.3) is 0 Å². The lowest BCUT2D eigenvalue weighted by Crippen LogP contribution is -2.57. The van der Waals surface area contributed by atoms with E-state index in [1.54, 1.807) is 12.3 Å². The first-order chi connectivity index (χ1) is 16.1. The van der Waals surface area contributed by atoms with Gasteiger partial charge in [0.1, 0.15) is 12.4 Å². The molecule has 34 heavy (non-hydrogen) atoms. The van der Waals surface area contributed by atoms with Gasteiger partial charge in [-0.1, -0.05) is 36.4 Å². The quantitative estimate of drug-likeness (QED) is 0.442. The Balaban J connectivity index is 1.36. The number of hydrogen-bond acceptors (Lipinski definition) is 4. The van der Waals surface area contributed by atoms with Crippen molar-refractivity contribution in [1.29, 1.82) is 0 Å². The van der Waals surface area contributed by atoms with Crippen LogP contribution in [0.5, 0.6) is 5.75 Å². The molecule has 1 aliphatic rings. The molecule has 0 radical (unpaired) electrons. The second kappa shape index (κ2) is 9.59. The summed E-state index contributed by atoms with van der Waals surface area (Å²) in [5.41, 5.74) is 3.48. The van der Waals surface area contributed by atoms with Crippen molar-refractivity contribution in [3.63, 3.8) is 0 Å². The van der Waals surface area contributed by atoms with Gasteiger partial charge in [-0.3, -0.25) is 9.59 Å². The molecule has 0 saturated carbocycles. The number of carbonyl (C=O) groups is 1. The molecule has 0 bridgehead atoms. The molecule has 0 amide bonds. The van der Waals surface area contributed by atoms with Crippen molar-refractivity contribution in [2.45, 2.75) is 64.6 Å². The standard InChI is InChI=1S/C29H34N2O3/c1-28(2)17-21(18-29(3,4)31-28)14-26(32)22-10-8-20(9-11-22)19-34-25-7-5-6-23(15-25)24-12-13-30-27(33)16-24/h5-13,15-16,21,31H,14,17-19H2,1-4H3,(H,30,33). The molecule has 1 aromatic heterocycles. The fraction of sp³-hybridized carbons (Fsp3) is 0.379. The van der Waals surface area contributed by atoms with Crippen molar-refractivity contribution in [2.24, 2.45) is 5.92 Å². The minimum absolute atomic E-state index is 0.0431. The molecule has 4 rings (SSSR count). The van der Waals surface area contributed by atoms with Crippen molar-refractivity contribution < 1.29 is 9.53 Å². The molecule has 3 aromatic rings. The summed E-state index contributed by atoms with van der Waals surface area (Å²) < 4.78 is 5.97. The maximum Gasteiger partial charge on any atom is 0.248 e. The van der Waals surface area contributed by atoms with Crippen molar-refractivity contribution in [3.8, 4) is 16.9 Å². The van der Waals surface area contributed by atoms with E-state index in [1.807, 2.05) is 54.6 Å². The number of ketones is 1. The number of aromatic amines is 1. The van der Waals surface area contributed by atoms with Gasteiger partial charge in [0.15, 0.2) is 5.78 Å². The third-order valence-electron chi connectivity index (χ3n) is 6.37. The number of carbonyl (C=O) groups excluding carboxylic acids is 1. The van der Waals surface area contributed by atoms with Gasteiger partial charge in [-0.15, -0.1) is 0 Å². The first-order valence-corrected chi connectivity index (χ1v) is 11.9. The highest BCUT2D eigenvalue weighted by atomic mass is 16.5. The Morgan fingerprint density at radius 1 is 0.941 bits per heavy atom. The zero-order valence-electron chi connectivity index (χ0n) is 20.5. The Kier molecular flexibility index (Phi) is 6.76. The van der Waals surface area contributed by atoms with Crippen molar-refractivity contribution in [2.75, 3.05) is 0 Å². The second-order valence-electron chi connectivity index (χ2n) is 10.7. The predicted octanol–water partition coefficient (Wildman–Crippen LogP) is 5.75. The summed E-state index contributed by atoms with van der Waals surface area (Å²) >= 11 is 0. The number of rotatable bonds is 7. The van der Waals surface area contributed by atoms with Gasteiger partial charge in [0.05, 0.1) is 0 Å². The minimum Gasteiger partial charge on any atom is -0.489 e. The first-order valence-electron chi connectivity index (χ1n) is 11.9. The smallest absolute Gasteiger partial charge is 0.248 e. The van der Waals surface area contributed by atoms with Crippen LogP contribution in [0.25, 0.3) is 11.1 Å². The van der Waals surface area contributed by atoms with Crippen LogP contribution in [-0.2, 0) is 6.61 Å². The van der Waals surface area contributed by atoms with E-state index >= 15 is 0 Å². The van der Waals surface area contributed by atoms with Crippen molar-refractivity contribution in [1.82, 2.24) is 10.3 Å². The molecule has 1 fully saturated rings. The van der Waals surface area contributed by atoms with Gasteiger partial charge in [-0.2, -0.15) is 0 Å². The van der Waals surface area contributed by atoms with Gasteiger partial charge < -0.3 is 15.0 Å². The van der Waals surface area contributed by atoms with E-state index in [0.717, 1.165) is 40.8 Å². The summed E-state index contributed by atoms with van der Waals surface area (Å²) in [5.74, 6) is 1.32. The first kappa shape index (κ1) is 24.0. The Labute approximate surface area is 201 Å². The summed E-state index contributed by atoms with van der Waals surface area (Å²) in [7, 11) is 0. The van der Waals surface area contributed by atoms with Gasteiger partial charge >= 0.3 is 0 Å². The number of hydrogen-bond donors (Lipinski definition) is 2. The third-order valence-corrected chi connectivity index (χ3v) is 6.37. The molecule has 0 atom stereocenters. The van der Waals surface area contributed by atoms with Crippen LogP contribution in [0.3, 0.4) is 0 Å². The van der Waals surface area contributed by atoms with E-state index in [2.05, 4.69) is 38.0 Å². The van der Waals surface area contributed by atoms with Crippen LogP contribution in [0, 0.1) is 5.92 Å². The molecule has 1 aliphatic heterocycles. The van der Waals surface area contributed by atoms with E-state index in [4.69, 9.17) is 4.74 Å². The van der Waals surface area contributed by atoms with E-state index in [9.17, 15) is 9.59 Å². The van der Waals surface area contributed by atoms with Crippen molar-refractivity contribution in [3.05, 3.63) is 88.3 Å².